The zero-order chi connectivity index (χ0) is 6.69. The van der Waals surface area contributed by atoms with Crippen LogP contribution in [0.4, 0.5) is 0 Å². The third kappa shape index (κ3) is 2.08. The van der Waals surface area contributed by atoms with E-state index in [0.717, 1.165) is 12.5 Å². The van der Waals surface area contributed by atoms with Gasteiger partial charge in [-0.05, 0) is 18.8 Å². The van der Waals surface area contributed by atoms with E-state index in [9.17, 15) is 0 Å². The summed E-state index contributed by atoms with van der Waals surface area (Å²) in [6, 6.07) is 0. The predicted molar refractivity (Wildman–Crippen MR) is 40.2 cm³/mol. The van der Waals surface area contributed by atoms with Crippen molar-refractivity contribution in [1.82, 2.24) is 5.32 Å². The van der Waals surface area contributed by atoms with Crippen LogP contribution in [-0.4, -0.2) is 6.54 Å². The molecule has 1 aliphatic rings. The molecule has 1 heteroatoms. The predicted octanol–water partition coefficient (Wildman–Crippen LogP) is 1.91. The van der Waals surface area contributed by atoms with Crippen LogP contribution >= 0.6 is 0 Å². The van der Waals surface area contributed by atoms with Gasteiger partial charge in [0.05, 0.1) is 0 Å². The molecule has 0 spiro atoms. The molecule has 1 N–H and O–H groups in total. The Balaban J connectivity index is 2.26. The van der Waals surface area contributed by atoms with Crippen LogP contribution < -0.4 is 5.32 Å². The summed E-state index contributed by atoms with van der Waals surface area (Å²) in [5.41, 5.74) is 1.45. The maximum Gasteiger partial charge on any atom is 0.0179 e. The first-order valence-electron chi connectivity index (χ1n) is 3.72. The van der Waals surface area contributed by atoms with E-state index in [-0.39, 0.29) is 0 Å². The van der Waals surface area contributed by atoms with Crippen LogP contribution in [0.2, 0.25) is 0 Å². The van der Waals surface area contributed by atoms with Gasteiger partial charge >= 0.3 is 0 Å². The third-order valence-corrected chi connectivity index (χ3v) is 1.52. The summed E-state index contributed by atoms with van der Waals surface area (Å²) in [5.74, 6) is 0.793. The molecule has 0 aromatic rings. The van der Waals surface area contributed by atoms with E-state index in [0.29, 0.717) is 0 Å². The highest BCUT2D eigenvalue weighted by Gasteiger charge is 2.03. The van der Waals surface area contributed by atoms with E-state index >= 15 is 0 Å². The number of nitrogens with one attached hydrogen (secondary N) is 1. The van der Waals surface area contributed by atoms with E-state index in [1.54, 1.807) is 0 Å². The molecule has 0 saturated heterocycles. The van der Waals surface area contributed by atoms with Crippen LogP contribution in [0.15, 0.2) is 11.8 Å². The van der Waals surface area contributed by atoms with Crippen LogP contribution in [0.5, 0.6) is 0 Å². The van der Waals surface area contributed by atoms with Crippen molar-refractivity contribution in [3.8, 4) is 0 Å². The largest absolute Gasteiger partial charge is 0.388 e. The van der Waals surface area contributed by atoms with Gasteiger partial charge in [0.1, 0.15) is 0 Å². The van der Waals surface area contributed by atoms with Crippen LogP contribution in [0.25, 0.3) is 0 Å². The van der Waals surface area contributed by atoms with Crippen molar-refractivity contribution in [2.24, 2.45) is 5.92 Å². The Morgan fingerprint density at radius 3 is 2.89 bits per heavy atom. The van der Waals surface area contributed by atoms with Gasteiger partial charge in [0, 0.05) is 12.2 Å². The van der Waals surface area contributed by atoms with Crippen LogP contribution in [0, 0.1) is 5.92 Å². The summed E-state index contributed by atoms with van der Waals surface area (Å²) in [7, 11) is 0. The van der Waals surface area contributed by atoms with Crippen molar-refractivity contribution in [3.05, 3.63) is 11.8 Å². The molecule has 0 fully saturated rings. The highest BCUT2D eigenvalue weighted by Crippen LogP contribution is 2.11. The molecule has 1 heterocycles. The molecule has 0 aromatic heterocycles. The number of hydrogen-bond donors (Lipinski definition) is 1. The molecule has 0 amide bonds. The Kier molecular flexibility index (Phi) is 2.15. The Hall–Kier alpha value is -0.460. The highest BCUT2D eigenvalue weighted by molar-refractivity contribution is 5.05. The first-order valence-corrected chi connectivity index (χ1v) is 3.72. The molecule has 9 heavy (non-hydrogen) atoms. The van der Waals surface area contributed by atoms with E-state index in [4.69, 9.17) is 0 Å². The van der Waals surface area contributed by atoms with Gasteiger partial charge in [-0.25, -0.2) is 0 Å². The topological polar surface area (TPSA) is 12.0 Å². The standard InChI is InChI=1S/C8H15N/c1-7(2)6-8-4-3-5-9-8/h4,7,9H,3,5-6H2,1-2H3. The Bertz CT molecular complexity index is 114. The van der Waals surface area contributed by atoms with Crippen molar-refractivity contribution in [3.63, 3.8) is 0 Å². The summed E-state index contributed by atoms with van der Waals surface area (Å²) in [5, 5.41) is 3.35. The Morgan fingerprint density at radius 2 is 2.44 bits per heavy atom. The Labute approximate surface area is 57.1 Å². The zero-order valence-corrected chi connectivity index (χ0v) is 6.28. The molecule has 1 aliphatic heterocycles. The maximum atomic E-state index is 3.35. The molecule has 0 atom stereocenters. The summed E-state index contributed by atoms with van der Waals surface area (Å²) in [6.07, 6.45) is 4.75. The summed E-state index contributed by atoms with van der Waals surface area (Å²) in [6.45, 7) is 5.66. The van der Waals surface area contributed by atoms with Gasteiger partial charge in [0.25, 0.3) is 0 Å². The van der Waals surface area contributed by atoms with Crippen molar-refractivity contribution in [1.29, 1.82) is 0 Å². The molecule has 52 valence electrons. The van der Waals surface area contributed by atoms with Crippen LogP contribution in [-0.2, 0) is 0 Å². The van der Waals surface area contributed by atoms with Gasteiger partial charge in [-0.15, -0.1) is 0 Å². The molecular formula is C8H15N. The molecule has 0 saturated carbocycles. The molecular weight excluding hydrogens is 110 g/mol. The van der Waals surface area contributed by atoms with Crippen molar-refractivity contribution < 1.29 is 0 Å². The lowest BCUT2D eigenvalue weighted by molar-refractivity contribution is 0.617. The minimum absolute atomic E-state index is 0.793. The van der Waals surface area contributed by atoms with Crippen molar-refractivity contribution in [2.45, 2.75) is 26.7 Å². The number of rotatable bonds is 2. The second kappa shape index (κ2) is 2.90. The fourth-order valence-corrected chi connectivity index (χ4v) is 1.15. The minimum atomic E-state index is 0.793. The van der Waals surface area contributed by atoms with Gasteiger partial charge in [0.15, 0.2) is 0 Å². The second-order valence-electron chi connectivity index (χ2n) is 3.04. The van der Waals surface area contributed by atoms with Crippen molar-refractivity contribution >= 4 is 0 Å². The van der Waals surface area contributed by atoms with Gasteiger partial charge in [-0.2, -0.15) is 0 Å². The molecule has 1 nitrogen and oxygen atoms in total. The quantitative estimate of drug-likeness (QED) is 0.594. The van der Waals surface area contributed by atoms with Crippen LogP contribution in [0.1, 0.15) is 26.7 Å². The first kappa shape index (κ1) is 6.66. The van der Waals surface area contributed by atoms with E-state index in [1.807, 2.05) is 0 Å². The van der Waals surface area contributed by atoms with Gasteiger partial charge in [-0.1, -0.05) is 19.9 Å². The zero-order valence-electron chi connectivity index (χ0n) is 6.28. The average Bonchev–Trinajstić information content (AvgIpc) is 2.15. The summed E-state index contributed by atoms with van der Waals surface area (Å²) in [4.78, 5) is 0. The lowest BCUT2D eigenvalue weighted by atomic mass is 10.1. The van der Waals surface area contributed by atoms with E-state index in [1.165, 1.54) is 18.5 Å². The van der Waals surface area contributed by atoms with E-state index < -0.39 is 0 Å². The second-order valence-corrected chi connectivity index (χ2v) is 3.04. The molecule has 0 bridgehead atoms. The van der Waals surface area contributed by atoms with E-state index in [2.05, 4.69) is 25.2 Å². The molecule has 1 rings (SSSR count). The minimum Gasteiger partial charge on any atom is -0.388 e. The molecule has 0 aliphatic carbocycles. The number of hydrogen-bond acceptors (Lipinski definition) is 1. The highest BCUT2D eigenvalue weighted by atomic mass is 14.9. The maximum absolute atomic E-state index is 3.35. The lowest BCUT2D eigenvalue weighted by Crippen LogP contribution is -2.08. The fourth-order valence-electron chi connectivity index (χ4n) is 1.15. The molecule has 0 aromatic carbocycles. The SMILES string of the molecule is CC(C)CC1=CCCN1. The molecule has 0 radical (unpaired) electrons. The monoisotopic (exact) mass is 125 g/mol. The Morgan fingerprint density at radius 1 is 1.67 bits per heavy atom. The number of allylic oxidation sites excluding steroid dienone is 1. The average molecular weight is 125 g/mol. The normalized spacial score (nSPS) is 17.9. The smallest absolute Gasteiger partial charge is 0.0179 e. The third-order valence-electron chi connectivity index (χ3n) is 1.52. The summed E-state index contributed by atoms with van der Waals surface area (Å²) < 4.78 is 0. The van der Waals surface area contributed by atoms with Crippen LogP contribution in [0.3, 0.4) is 0 Å². The molecule has 0 unspecified atom stereocenters. The van der Waals surface area contributed by atoms with Gasteiger partial charge < -0.3 is 5.32 Å². The van der Waals surface area contributed by atoms with Crippen molar-refractivity contribution in [2.75, 3.05) is 6.54 Å². The summed E-state index contributed by atoms with van der Waals surface area (Å²) >= 11 is 0. The fraction of sp³-hybridized carbons (Fsp3) is 0.750. The van der Waals surface area contributed by atoms with Gasteiger partial charge in [-0.3, -0.25) is 0 Å². The van der Waals surface area contributed by atoms with Gasteiger partial charge in [0.2, 0.25) is 0 Å². The lowest BCUT2D eigenvalue weighted by Gasteiger charge is -2.05. The first-order chi connectivity index (χ1) is 4.29.